The smallest absolute Gasteiger partial charge is 0.273 e. The molecule has 1 aliphatic rings. The van der Waals surface area contributed by atoms with Gasteiger partial charge in [-0.3, -0.25) is 14.3 Å². The van der Waals surface area contributed by atoms with Crippen molar-refractivity contribution in [1.29, 1.82) is 0 Å². The van der Waals surface area contributed by atoms with E-state index in [-0.39, 0.29) is 5.91 Å². The lowest BCUT2D eigenvalue weighted by molar-refractivity contribution is 0.0844. The van der Waals surface area contributed by atoms with Gasteiger partial charge in [0.1, 0.15) is 5.69 Å². The van der Waals surface area contributed by atoms with Crippen LogP contribution in [0.4, 0.5) is 5.69 Å². The molecule has 0 bridgehead atoms. The highest BCUT2D eigenvalue weighted by Crippen LogP contribution is 2.26. The minimum absolute atomic E-state index is 0.257. The number of nitrogens with zero attached hydrogens (tertiary/aromatic N) is 2. The normalized spacial score (nSPS) is 15.5. The lowest BCUT2D eigenvalue weighted by Crippen LogP contribution is -2.15. The Kier molecular flexibility index (Phi) is 4.44. The summed E-state index contributed by atoms with van der Waals surface area (Å²) >= 11 is 1.20. The van der Waals surface area contributed by atoms with Gasteiger partial charge in [0.05, 0.1) is 16.3 Å². The summed E-state index contributed by atoms with van der Waals surface area (Å²) in [4.78, 5) is 23.9. The van der Waals surface area contributed by atoms with Gasteiger partial charge in [-0.05, 0) is 25.0 Å². The van der Waals surface area contributed by atoms with Crippen molar-refractivity contribution in [3.8, 4) is 0 Å². The van der Waals surface area contributed by atoms with Gasteiger partial charge >= 0.3 is 0 Å². The zero-order chi connectivity index (χ0) is 16.4. The number of hydrogen-bond acceptors (Lipinski definition) is 5. The Bertz CT molecular complexity index is 731. The zero-order valence-corrected chi connectivity index (χ0v) is 13.6. The van der Waals surface area contributed by atoms with Gasteiger partial charge in [-0.1, -0.05) is 0 Å². The molecule has 2 aromatic rings. The summed E-state index contributed by atoms with van der Waals surface area (Å²) in [5.41, 5.74) is 7.18. The Hall–Kier alpha value is -2.19. The fourth-order valence-corrected chi connectivity index (χ4v) is 3.31. The Morgan fingerprint density at radius 3 is 2.78 bits per heavy atom. The number of nitrogens with two attached hydrogens (primary N) is 1. The second-order valence-electron chi connectivity index (χ2n) is 5.48. The molecule has 1 saturated heterocycles. The number of rotatable bonds is 4. The van der Waals surface area contributed by atoms with E-state index in [4.69, 9.17) is 10.5 Å². The molecule has 3 rings (SSSR count). The van der Waals surface area contributed by atoms with Crippen LogP contribution in [0.25, 0.3) is 0 Å². The third-order valence-electron chi connectivity index (χ3n) is 3.87. The molecule has 1 fully saturated rings. The summed E-state index contributed by atoms with van der Waals surface area (Å²) in [6.07, 6.45) is 1.84. The van der Waals surface area contributed by atoms with Crippen molar-refractivity contribution in [2.75, 3.05) is 18.5 Å². The van der Waals surface area contributed by atoms with Gasteiger partial charge in [-0.15, -0.1) is 11.3 Å². The largest absolute Gasteiger partial charge is 0.381 e. The van der Waals surface area contributed by atoms with Crippen LogP contribution in [0.2, 0.25) is 0 Å². The first-order valence-electron chi connectivity index (χ1n) is 7.36. The maximum absolute atomic E-state index is 12.4. The SMILES string of the molecule is Cn1nc(C2CCOCC2)cc1C(=O)Nc1csc(C(N)=O)c1. The van der Waals surface area contributed by atoms with E-state index in [1.54, 1.807) is 23.2 Å². The van der Waals surface area contributed by atoms with Gasteiger partial charge in [0.15, 0.2) is 0 Å². The maximum atomic E-state index is 12.4. The Balaban J connectivity index is 1.73. The molecule has 0 unspecified atom stereocenters. The lowest BCUT2D eigenvalue weighted by Gasteiger charge is -2.19. The number of hydrogen-bond donors (Lipinski definition) is 2. The van der Waals surface area contributed by atoms with Crippen LogP contribution in [0.1, 0.15) is 44.6 Å². The van der Waals surface area contributed by atoms with Crippen LogP contribution < -0.4 is 11.1 Å². The van der Waals surface area contributed by atoms with Gasteiger partial charge in [-0.2, -0.15) is 5.10 Å². The van der Waals surface area contributed by atoms with Crippen LogP contribution in [0, 0.1) is 0 Å². The number of primary amides is 1. The predicted octanol–water partition coefficient (Wildman–Crippen LogP) is 1.73. The fraction of sp³-hybridized carbons (Fsp3) is 0.400. The summed E-state index contributed by atoms with van der Waals surface area (Å²) in [6.45, 7) is 1.46. The second kappa shape index (κ2) is 6.51. The number of aromatic nitrogens is 2. The van der Waals surface area contributed by atoms with Gasteiger partial charge in [0.25, 0.3) is 11.8 Å². The molecule has 7 nitrogen and oxygen atoms in total. The zero-order valence-electron chi connectivity index (χ0n) is 12.7. The minimum Gasteiger partial charge on any atom is -0.381 e. The molecule has 8 heteroatoms. The molecule has 0 radical (unpaired) electrons. The van der Waals surface area contributed by atoms with Gasteiger partial charge in [-0.25, -0.2) is 0 Å². The average molecular weight is 334 g/mol. The summed E-state index contributed by atoms with van der Waals surface area (Å²) in [7, 11) is 1.75. The molecule has 0 aromatic carbocycles. The molecule has 3 heterocycles. The standard InChI is InChI=1S/C15H18N4O3S/c1-19-12(7-11(18-19)9-2-4-22-5-3-9)15(21)17-10-6-13(14(16)20)23-8-10/h6-9H,2-5H2,1H3,(H2,16,20)(H,17,21). The Morgan fingerprint density at radius 1 is 1.39 bits per heavy atom. The third-order valence-corrected chi connectivity index (χ3v) is 4.82. The molecule has 23 heavy (non-hydrogen) atoms. The maximum Gasteiger partial charge on any atom is 0.273 e. The molecular weight excluding hydrogens is 316 g/mol. The van der Waals surface area contributed by atoms with Crippen LogP contribution in [-0.4, -0.2) is 34.8 Å². The molecule has 1 aliphatic heterocycles. The number of aryl methyl sites for hydroxylation is 1. The van der Waals surface area contributed by atoms with Crippen LogP contribution in [0.15, 0.2) is 17.5 Å². The highest BCUT2D eigenvalue weighted by molar-refractivity contribution is 7.12. The van der Waals surface area contributed by atoms with Crippen molar-refractivity contribution in [1.82, 2.24) is 9.78 Å². The van der Waals surface area contributed by atoms with Crippen LogP contribution in [0.3, 0.4) is 0 Å². The van der Waals surface area contributed by atoms with Crippen LogP contribution in [-0.2, 0) is 11.8 Å². The van der Waals surface area contributed by atoms with Crippen LogP contribution >= 0.6 is 11.3 Å². The summed E-state index contributed by atoms with van der Waals surface area (Å²) in [5, 5.41) is 8.92. The molecule has 0 saturated carbocycles. The van der Waals surface area contributed by atoms with Crippen molar-refractivity contribution in [3.05, 3.63) is 33.8 Å². The predicted molar refractivity (Wildman–Crippen MR) is 86.8 cm³/mol. The number of carbonyl (C=O) groups is 2. The number of anilines is 1. The summed E-state index contributed by atoms with van der Waals surface area (Å²) < 4.78 is 6.94. The number of nitrogens with one attached hydrogen (secondary N) is 1. The van der Waals surface area contributed by atoms with E-state index in [0.717, 1.165) is 31.7 Å². The van der Waals surface area contributed by atoms with Gasteiger partial charge < -0.3 is 15.8 Å². The number of amides is 2. The minimum atomic E-state index is -0.502. The first kappa shape index (κ1) is 15.7. The quantitative estimate of drug-likeness (QED) is 0.889. The first-order chi connectivity index (χ1) is 11.0. The van der Waals surface area contributed by atoms with E-state index in [1.807, 2.05) is 6.07 Å². The molecule has 122 valence electrons. The second-order valence-corrected chi connectivity index (χ2v) is 6.39. The summed E-state index contributed by atoms with van der Waals surface area (Å²) in [6, 6.07) is 3.40. The topological polar surface area (TPSA) is 99.2 Å². The molecule has 0 spiro atoms. The van der Waals surface area contributed by atoms with E-state index >= 15 is 0 Å². The summed E-state index contributed by atoms with van der Waals surface area (Å²) in [5.74, 6) is -0.427. The van der Waals surface area contributed by atoms with Gasteiger partial charge in [0.2, 0.25) is 0 Å². The Labute approximate surface area is 137 Å². The molecule has 2 aromatic heterocycles. The van der Waals surface area contributed by atoms with Crippen molar-refractivity contribution in [2.24, 2.45) is 12.8 Å². The Morgan fingerprint density at radius 2 is 2.13 bits per heavy atom. The monoisotopic (exact) mass is 334 g/mol. The van der Waals surface area contributed by atoms with Gasteiger partial charge in [0, 0.05) is 31.6 Å². The number of carbonyl (C=O) groups excluding carboxylic acids is 2. The third kappa shape index (κ3) is 3.43. The average Bonchev–Trinajstić information content (AvgIpc) is 3.15. The van der Waals surface area contributed by atoms with E-state index in [9.17, 15) is 9.59 Å². The van der Waals surface area contributed by atoms with Crippen molar-refractivity contribution in [2.45, 2.75) is 18.8 Å². The molecular formula is C15H18N4O3S. The van der Waals surface area contributed by atoms with Crippen LogP contribution in [0.5, 0.6) is 0 Å². The van der Waals surface area contributed by atoms with E-state index < -0.39 is 5.91 Å². The van der Waals surface area contributed by atoms with Crippen molar-refractivity contribution >= 4 is 28.8 Å². The van der Waals surface area contributed by atoms with Crippen molar-refractivity contribution < 1.29 is 14.3 Å². The fourth-order valence-electron chi connectivity index (χ4n) is 2.62. The van der Waals surface area contributed by atoms with Crippen molar-refractivity contribution in [3.63, 3.8) is 0 Å². The number of ether oxygens (including phenoxy) is 1. The highest BCUT2D eigenvalue weighted by atomic mass is 32.1. The molecule has 2 amide bonds. The molecule has 3 N–H and O–H groups in total. The molecule has 0 aliphatic carbocycles. The number of thiophene rings is 1. The van der Waals surface area contributed by atoms with E-state index in [1.165, 1.54) is 11.3 Å². The lowest BCUT2D eigenvalue weighted by atomic mass is 9.96. The van der Waals surface area contributed by atoms with E-state index in [2.05, 4.69) is 10.4 Å². The highest BCUT2D eigenvalue weighted by Gasteiger charge is 2.22. The van der Waals surface area contributed by atoms with E-state index in [0.29, 0.717) is 22.2 Å². The first-order valence-corrected chi connectivity index (χ1v) is 8.24. The molecule has 0 atom stereocenters.